The summed E-state index contributed by atoms with van der Waals surface area (Å²) in [5, 5.41) is 0. The SMILES string of the molecule is CCCCCCCCC1COC(=O)OC1. The average Bonchev–Trinajstić information content (AvgIpc) is 2.26. The second kappa shape index (κ2) is 7.55. The molecular weight excluding hydrogens is 192 g/mol. The van der Waals surface area contributed by atoms with Gasteiger partial charge in [-0.05, 0) is 6.42 Å². The van der Waals surface area contributed by atoms with E-state index in [0.29, 0.717) is 19.1 Å². The highest BCUT2D eigenvalue weighted by Gasteiger charge is 2.20. The Bertz CT molecular complexity index is 170. The van der Waals surface area contributed by atoms with E-state index in [9.17, 15) is 4.79 Å². The van der Waals surface area contributed by atoms with Gasteiger partial charge in [-0.3, -0.25) is 0 Å². The van der Waals surface area contributed by atoms with Gasteiger partial charge in [-0.2, -0.15) is 0 Å². The summed E-state index contributed by atoms with van der Waals surface area (Å²) in [7, 11) is 0. The van der Waals surface area contributed by atoms with Crippen molar-refractivity contribution in [3.63, 3.8) is 0 Å². The van der Waals surface area contributed by atoms with Gasteiger partial charge in [0.25, 0.3) is 0 Å². The number of carbonyl (C=O) groups is 1. The highest BCUT2D eigenvalue weighted by atomic mass is 16.7. The van der Waals surface area contributed by atoms with Crippen LogP contribution in [0.25, 0.3) is 0 Å². The van der Waals surface area contributed by atoms with Crippen LogP contribution in [-0.2, 0) is 9.47 Å². The Hall–Kier alpha value is -0.730. The lowest BCUT2D eigenvalue weighted by molar-refractivity contribution is -0.0145. The highest BCUT2D eigenvalue weighted by molar-refractivity contribution is 5.60. The Balaban J connectivity index is 1.89. The molecule has 0 spiro atoms. The fraction of sp³-hybridized carbons (Fsp3) is 0.917. The van der Waals surface area contributed by atoms with E-state index in [1.54, 1.807) is 0 Å². The molecule has 0 atom stereocenters. The number of carbonyl (C=O) groups excluding carboxylic acids is 1. The molecular formula is C12H22O3. The molecule has 0 aromatic rings. The first-order valence-corrected chi connectivity index (χ1v) is 6.12. The van der Waals surface area contributed by atoms with Gasteiger partial charge >= 0.3 is 6.16 Å². The Morgan fingerprint density at radius 2 is 1.67 bits per heavy atom. The van der Waals surface area contributed by atoms with Crippen LogP contribution in [0.5, 0.6) is 0 Å². The molecule has 1 saturated heterocycles. The van der Waals surface area contributed by atoms with Gasteiger partial charge in [0, 0.05) is 5.92 Å². The van der Waals surface area contributed by atoms with Crippen molar-refractivity contribution in [1.29, 1.82) is 0 Å². The molecule has 0 N–H and O–H groups in total. The number of hydrogen-bond acceptors (Lipinski definition) is 3. The lowest BCUT2D eigenvalue weighted by Gasteiger charge is -2.21. The molecule has 0 radical (unpaired) electrons. The van der Waals surface area contributed by atoms with Crippen molar-refractivity contribution < 1.29 is 14.3 Å². The zero-order valence-corrected chi connectivity index (χ0v) is 9.67. The van der Waals surface area contributed by atoms with E-state index in [2.05, 4.69) is 6.92 Å². The topological polar surface area (TPSA) is 35.5 Å². The summed E-state index contributed by atoms with van der Waals surface area (Å²) in [5.41, 5.74) is 0. The van der Waals surface area contributed by atoms with Gasteiger partial charge < -0.3 is 9.47 Å². The Morgan fingerprint density at radius 3 is 2.33 bits per heavy atom. The van der Waals surface area contributed by atoms with Crippen molar-refractivity contribution in [1.82, 2.24) is 0 Å². The van der Waals surface area contributed by atoms with Crippen LogP contribution in [0.3, 0.4) is 0 Å². The summed E-state index contributed by atoms with van der Waals surface area (Å²) in [5.74, 6) is 0.425. The van der Waals surface area contributed by atoms with E-state index in [1.807, 2.05) is 0 Å². The zero-order valence-electron chi connectivity index (χ0n) is 9.67. The van der Waals surface area contributed by atoms with Crippen molar-refractivity contribution in [2.24, 2.45) is 5.92 Å². The molecule has 1 heterocycles. The molecule has 0 amide bonds. The first-order chi connectivity index (χ1) is 7.33. The first-order valence-electron chi connectivity index (χ1n) is 6.12. The maximum absolute atomic E-state index is 10.6. The smallest absolute Gasteiger partial charge is 0.434 e. The monoisotopic (exact) mass is 214 g/mol. The Labute approximate surface area is 92.1 Å². The molecule has 3 nitrogen and oxygen atoms in total. The molecule has 0 bridgehead atoms. The molecule has 0 unspecified atom stereocenters. The summed E-state index contributed by atoms with van der Waals surface area (Å²) in [6.07, 6.45) is 8.48. The van der Waals surface area contributed by atoms with E-state index in [4.69, 9.17) is 9.47 Å². The minimum Gasteiger partial charge on any atom is -0.434 e. The lowest BCUT2D eigenvalue weighted by atomic mass is 10.0. The van der Waals surface area contributed by atoms with Gasteiger partial charge in [0.2, 0.25) is 0 Å². The van der Waals surface area contributed by atoms with Crippen LogP contribution < -0.4 is 0 Å². The van der Waals surface area contributed by atoms with Gasteiger partial charge in [0.1, 0.15) is 13.2 Å². The second-order valence-electron chi connectivity index (χ2n) is 4.29. The fourth-order valence-electron chi connectivity index (χ4n) is 1.84. The second-order valence-corrected chi connectivity index (χ2v) is 4.29. The third-order valence-electron chi connectivity index (χ3n) is 2.84. The van der Waals surface area contributed by atoms with Crippen molar-refractivity contribution in [2.75, 3.05) is 13.2 Å². The van der Waals surface area contributed by atoms with Crippen LogP contribution >= 0.6 is 0 Å². The normalized spacial score (nSPS) is 17.3. The molecule has 15 heavy (non-hydrogen) atoms. The van der Waals surface area contributed by atoms with Crippen molar-refractivity contribution >= 4 is 6.16 Å². The largest absolute Gasteiger partial charge is 0.508 e. The molecule has 0 aliphatic carbocycles. The summed E-state index contributed by atoms with van der Waals surface area (Å²) in [4.78, 5) is 10.6. The maximum atomic E-state index is 10.6. The summed E-state index contributed by atoms with van der Waals surface area (Å²) in [6, 6.07) is 0. The van der Waals surface area contributed by atoms with Gasteiger partial charge in [-0.1, -0.05) is 45.4 Å². The van der Waals surface area contributed by atoms with Gasteiger partial charge in [-0.15, -0.1) is 0 Å². The van der Waals surface area contributed by atoms with Crippen LogP contribution in [0.15, 0.2) is 0 Å². The van der Waals surface area contributed by atoms with E-state index >= 15 is 0 Å². The van der Waals surface area contributed by atoms with Gasteiger partial charge in [0.15, 0.2) is 0 Å². The number of ether oxygens (including phenoxy) is 2. The van der Waals surface area contributed by atoms with Crippen molar-refractivity contribution in [3.8, 4) is 0 Å². The molecule has 0 aromatic carbocycles. The van der Waals surface area contributed by atoms with Crippen LogP contribution in [0.2, 0.25) is 0 Å². The minimum absolute atomic E-state index is 0.425. The predicted molar refractivity (Wildman–Crippen MR) is 58.8 cm³/mol. The van der Waals surface area contributed by atoms with Crippen LogP contribution in [0, 0.1) is 5.92 Å². The maximum Gasteiger partial charge on any atom is 0.508 e. The summed E-state index contributed by atoms with van der Waals surface area (Å²) in [6.45, 7) is 3.33. The molecule has 0 aromatic heterocycles. The zero-order chi connectivity index (χ0) is 10.9. The van der Waals surface area contributed by atoms with Crippen LogP contribution in [-0.4, -0.2) is 19.4 Å². The molecule has 88 valence electrons. The molecule has 1 fully saturated rings. The van der Waals surface area contributed by atoms with Crippen LogP contribution in [0.1, 0.15) is 51.9 Å². The van der Waals surface area contributed by atoms with Crippen molar-refractivity contribution in [2.45, 2.75) is 51.9 Å². The first kappa shape index (κ1) is 12.3. The molecule has 1 rings (SSSR count). The molecule has 3 heteroatoms. The average molecular weight is 214 g/mol. The Morgan fingerprint density at radius 1 is 1.07 bits per heavy atom. The predicted octanol–water partition coefficient (Wildman–Crippen LogP) is 3.52. The van der Waals surface area contributed by atoms with Gasteiger partial charge in [0.05, 0.1) is 0 Å². The third kappa shape index (κ3) is 5.65. The third-order valence-corrected chi connectivity index (χ3v) is 2.84. The molecule has 1 aliphatic rings. The standard InChI is InChI=1S/C12H22O3/c1-2-3-4-5-6-7-8-11-9-14-12(13)15-10-11/h11H,2-10H2,1H3. The summed E-state index contributed by atoms with van der Waals surface area (Å²) >= 11 is 0. The van der Waals surface area contributed by atoms with E-state index in [0.717, 1.165) is 6.42 Å². The number of hydrogen-bond donors (Lipinski definition) is 0. The quantitative estimate of drug-likeness (QED) is 0.480. The number of rotatable bonds is 7. The lowest BCUT2D eigenvalue weighted by Crippen LogP contribution is -2.27. The molecule has 0 saturated carbocycles. The number of cyclic esters (lactones) is 2. The van der Waals surface area contributed by atoms with Crippen LogP contribution in [0.4, 0.5) is 4.79 Å². The highest BCUT2D eigenvalue weighted by Crippen LogP contribution is 2.16. The minimum atomic E-state index is -0.505. The summed E-state index contributed by atoms with van der Waals surface area (Å²) < 4.78 is 9.65. The van der Waals surface area contributed by atoms with Crippen molar-refractivity contribution in [3.05, 3.63) is 0 Å². The number of unbranched alkanes of at least 4 members (excludes halogenated alkanes) is 5. The van der Waals surface area contributed by atoms with E-state index in [-0.39, 0.29) is 0 Å². The van der Waals surface area contributed by atoms with Gasteiger partial charge in [-0.25, -0.2) is 4.79 Å². The Kier molecular flexibility index (Phi) is 6.21. The van der Waals surface area contributed by atoms with E-state index in [1.165, 1.54) is 38.5 Å². The van der Waals surface area contributed by atoms with E-state index < -0.39 is 6.16 Å². The molecule has 1 aliphatic heterocycles. The fourth-order valence-corrected chi connectivity index (χ4v) is 1.84.